The number of nitrogens with one attached hydrogen (secondary N) is 1. The SMILES string of the molecule is CCCNC(Cc1cccnc1)c1ccc(Br)cc1C. The molecule has 1 N–H and O–H groups in total. The van der Waals surface area contributed by atoms with E-state index in [-0.39, 0.29) is 0 Å². The summed E-state index contributed by atoms with van der Waals surface area (Å²) in [5.41, 5.74) is 3.95. The van der Waals surface area contributed by atoms with Crippen LogP contribution in [0.2, 0.25) is 0 Å². The van der Waals surface area contributed by atoms with Crippen molar-refractivity contribution in [2.24, 2.45) is 0 Å². The third-order valence-corrected chi connectivity index (χ3v) is 3.90. The molecule has 0 saturated carbocycles. The first kappa shape index (κ1) is 15.2. The number of benzene rings is 1. The van der Waals surface area contributed by atoms with Gasteiger partial charge in [-0.25, -0.2) is 0 Å². The van der Waals surface area contributed by atoms with E-state index in [1.807, 2.05) is 18.5 Å². The fraction of sp³-hybridized carbons (Fsp3) is 0.353. The summed E-state index contributed by atoms with van der Waals surface area (Å²) in [6, 6.07) is 11.0. The molecule has 1 heterocycles. The van der Waals surface area contributed by atoms with E-state index in [1.165, 1.54) is 16.7 Å². The highest BCUT2D eigenvalue weighted by Crippen LogP contribution is 2.24. The van der Waals surface area contributed by atoms with Gasteiger partial charge in [-0.3, -0.25) is 4.98 Å². The lowest BCUT2D eigenvalue weighted by molar-refractivity contribution is 0.526. The molecule has 0 fully saturated rings. The Morgan fingerprint density at radius 1 is 1.30 bits per heavy atom. The molecule has 1 aromatic heterocycles. The Balaban J connectivity index is 2.22. The zero-order valence-electron chi connectivity index (χ0n) is 12.1. The van der Waals surface area contributed by atoms with Crippen molar-refractivity contribution in [3.05, 3.63) is 63.9 Å². The van der Waals surface area contributed by atoms with Gasteiger partial charge < -0.3 is 5.32 Å². The summed E-state index contributed by atoms with van der Waals surface area (Å²) in [4.78, 5) is 4.21. The number of aryl methyl sites for hydroxylation is 1. The minimum atomic E-state index is 0.340. The summed E-state index contributed by atoms with van der Waals surface area (Å²) in [7, 11) is 0. The van der Waals surface area contributed by atoms with E-state index in [1.54, 1.807) is 0 Å². The van der Waals surface area contributed by atoms with Crippen LogP contribution >= 0.6 is 15.9 Å². The van der Waals surface area contributed by atoms with Gasteiger partial charge in [0.2, 0.25) is 0 Å². The van der Waals surface area contributed by atoms with Crippen LogP contribution in [0.4, 0.5) is 0 Å². The first-order chi connectivity index (χ1) is 9.70. The molecule has 1 atom stereocenters. The standard InChI is InChI=1S/C17H21BrN2/c1-3-8-20-17(11-14-5-4-9-19-12-14)16-7-6-15(18)10-13(16)2/h4-7,9-10,12,17,20H,3,8,11H2,1-2H3. The Kier molecular flexibility index (Phi) is 5.74. The van der Waals surface area contributed by atoms with Gasteiger partial charge in [0.15, 0.2) is 0 Å². The molecule has 3 heteroatoms. The van der Waals surface area contributed by atoms with E-state index in [0.29, 0.717) is 6.04 Å². The fourth-order valence-electron chi connectivity index (χ4n) is 2.40. The molecule has 106 valence electrons. The van der Waals surface area contributed by atoms with Gasteiger partial charge >= 0.3 is 0 Å². The van der Waals surface area contributed by atoms with Gasteiger partial charge in [0.05, 0.1) is 0 Å². The summed E-state index contributed by atoms with van der Waals surface area (Å²) in [5, 5.41) is 3.65. The van der Waals surface area contributed by atoms with Crippen molar-refractivity contribution in [2.75, 3.05) is 6.54 Å². The van der Waals surface area contributed by atoms with Crippen LogP contribution in [0, 0.1) is 6.92 Å². The predicted molar refractivity (Wildman–Crippen MR) is 87.9 cm³/mol. The summed E-state index contributed by atoms with van der Waals surface area (Å²) in [5.74, 6) is 0. The topological polar surface area (TPSA) is 24.9 Å². The van der Waals surface area contributed by atoms with Crippen LogP contribution in [-0.4, -0.2) is 11.5 Å². The minimum absolute atomic E-state index is 0.340. The Hall–Kier alpha value is -1.19. The molecule has 0 amide bonds. The third kappa shape index (κ3) is 4.15. The van der Waals surface area contributed by atoms with Gasteiger partial charge in [0.1, 0.15) is 0 Å². The van der Waals surface area contributed by atoms with Gasteiger partial charge in [0, 0.05) is 22.9 Å². The number of aromatic nitrogens is 1. The lowest BCUT2D eigenvalue weighted by atomic mass is 9.96. The molecule has 0 saturated heterocycles. The van der Waals surface area contributed by atoms with Gasteiger partial charge in [0.25, 0.3) is 0 Å². The second-order valence-corrected chi connectivity index (χ2v) is 5.99. The van der Waals surface area contributed by atoms with E-state index in [2.05, 4.69) is 64.3 Å². The highest BCUT2D eigenvalue weighted by molar-refractivity contribution is 9.10. The van der Waals surface area contributed by atoms with Crippen LogP contribution in [0.3, 0.4) is 0 Å². The molecule has 0 aliphatic rings. The van der Waals surface area contributed by atoms with Crippen LogP contribution in [-0.2, 0) is 6.42 Å². The normalized spacial score (nSPS) is 12.3. The molecule has 1 unspecified atom stereocenters. The maximum atomic E-state index is 4.21. The van der Waals surface area contributed by atoms with Crippen LogP contribution in [0.1, 0.15) is 36.1 Å². The summed E-state index contributed by atoms with van der Waals surface area (Å²) < 4.78 is 1.13. The van der Waals surface area contributed by atoms with Crippen molar-refractivity contribution < 1.29 is 0 Å². The highest BCUT2D eigenvalue weighted by Gasteiger charge is 2.14. The summed E-state index contributed by atoms with van der Waals surface area (Å²) >= 11 is 3.53. The Morgan fingerprint density at radius 2 is 2.15 bits per heavy atom. The summed E-state index contributed by atoms with van der Waals surface area (Å²) in [6.07, 6.45) is 5.88. The molecule has 0 aliphatic heterocycles. The van der Waals surface area contributed by atoms with Crippen molar-refractivity contribution in [1.82, 2.24) is 10.3 Å². The lowest BCUT2D eigenvalue weighted by Gasteiger charge is -2.21. The van der Waals surface area contributed by atoms with Crippen LogP contribution < -0.4 is 5.32 Å². The van der Waals surface area contributed by atoms with Crippen LogP contribution in [0.15, 0.2) is 47.2 Å². The smallest absolute Gasteiger partial charge is 0.0364 e. The molecular formula is C17H21BrN2. The first-order valence-corrected chi connectivity index (χ1v) is 7.88. The Morgan fingerprint density at radius 3 is 2.80 bits per heavy atom. The maximum Gasteiger partial charge on any atom is 0.0364 e. The van der Waals surface area contributed by atoms with Crippen molar-refractivity contribution in [3.8, 4) is 0 Å². The van der Waals surface area contributed by atoms with Crippen molar-refractivity contribution in [3.63, 3.8) is 0 Å². The van der Waals surface area contributed by atoms with Gasteiger partial charge in [-0.05, 0) is 61.2 Å². The van der Waals surface area contributed by atoms with Gasteiger partial charge in [-0.15, -0.1) is 0 Å². The molecule has 0 spiro atoms. The third-order valence-electron chi connectivity index (χ3n) is 3.41. The second-order valence-electron chi connectivity index (χ2n) is 5.07. The molecule has 0 radical (unpaired) electrons. The van der Waals surface area contributed by atoms with E-state index >= 15 is 0 Å². The van der Waals surface area contributed by atoms with Crippen LogP contribution in [0.5, 0.6) is 0 Å². The molecule has 2 aromatic rings. The molecule has 20 heavy (non-hydrogen) atoms. The van der Waals surface area contributed by atoms with E-state index < -0.39 is 0 Å². The molecule has 0 bridgehead atoms. The first-order valence-electron chi connectivity index (χ1n) is 7.09. The number of hydrogen-bond acceptors (Lipinski definition) is 2. The largest absolute Gasteiger partial charge is 0.310 e. The maximum absolute atomic E-state index is 4.21. The summed E-state index contributed by atoms with van der Waals surface area (Å²) in [6.45, 7) is 5.40. The zero-order chi connectivity index (χ0) is 14.4. The number of hydrogen-bond donors (Lipinski definition) is 1. The lowest BCUT2D eigenvalue weighted by Crippen LogP contribution is -2.24. The van der Waals surface area contributed by atoms with Crippen molar-refractivity contribution in [1.29, 1.82) is 0 Å². The quantitative estimate of drug-likeness (QED) is 0.846. The van der Waals surface area contributed by atoms with E-state index in [9.17, 15) is 0 Å². The van der Waals surface area contributed by atoms with E-state index in [4.69, 9.17) is 0 Å². The number of nitrogens with zero attached hydrogens (tertiary/aromatic N) is 1. The fourth-order valence-corrected chi connectivity index (χ4v) is 2.87. The molecule has 0 aliphatic carbocycles. The number of pyridine rings is 1. The van der Waals surface area contributed by atoms with Gasteiger partial charge in [-0.2, -0.15) is 0 Å². The second kappa shape index (κ2) is 7.55. The monoisotopic (exact) mass is 332 g/mol. The Bertz CT molecular complexity index is 540. The highest BCUT2D eigenvalue weighted by atomic mass is 79.9. The minimum Gasteiger partial charge on any atom is -0.310 e. The molecule has 1 aromatic carbocycles. The molecule has 2 nitrogen and oxygen atoms in total. The van der Waals surface area contributed by atoms with Crippen molar-refractivity contribution in [2.45, 2.75) is 32.7 Å². The molecule has 2 rings (SSSR count). The predicted octanol–water partition coefficient (Wildman–Crippen LogP) is 4.44. The number of rotatable bonds is 6. The zero-order valence-corrected chi connectivity index (χ0v) is 13.7. The van der Waals surface area contributed by atoms with Gasteiger partial charge in [-0.1, -0.05) is 35.0 Å². The average Bonchev–Trinajstić information content (AvgIpc) is 2.45. The number of halogens is 1. The van der Waals surface area contributed by atoms with Crippen molar-refractivity contribution >= 4 is 15.9 Å². The Labute approximate surface area is 129 Å². The average molecular weight is 333 g/mol. The van der Waals surface area contributed by atoms with Crippen LogP contribution in [0.25, 0.3) is 0 Å². The van der Waals surface area contributed by atoms with E-state index in [0.717, 1.165) is 23.9 Å². The molecular weight excluding hydrogens is 312 g/mol.